The minimum atomic E-state index is -0.395. The largest absolute Gasteiger partial charge is 0.507 e. The molecule has 0 unspecified atom stereocenters. The normalized spacial score (nSPS) is 11.0. The van der Waals surface area contributed by atoms with Crippen LogP contribution in [0.1, 0.15) is 27.9 Å². The number of methoxy groups -OCH3 is 1. The summed E-state index contributed by atoms with van der Waals surface area (Å²) >= 11 is 0. The first-order chi connectivity index (χ1) is 12.9. The molecule has 6 nitrogen and oxygen atoms in total. The SMILES string of the molecule is COc1cc(/C=C\C(=O)CC(=O)/C=C/c2ccc(O)c(C=O)c2)ccc1O. The van der Waals surface area contributed by atoms with E-state index < -0.39 is 5.78 Å². The minimum absolute atomic E-state index is 0.00624. The third-order valence-electron chi connectivity index (χ3n) is 3.65. The topological polar surface area (TPSA) is 101 Å². The summed E-state index contributed by atoms with van der Waals surface area (Å²) in [5.41, 5.74) is 1.32. The second-order valence-electron chi connectivity index (χ2n) is 5.64. The van der Waals surface area contributed by atoms with Gasteiger partial charge in [-0.1, -0.05) is 24.3 Å². The lowest BCUT2D eigenvalue weighted by Gasteiger charge is -2.03. The fraction of sp³-hybridized carbons (Fsp3) is 0.0952. The van der Waals surface area contributed by atoms with Gasteiger partial charge in [-0.15, -0.1) is 0 Å². The van der Waals surface area contributed by atoms with Crippen LogP contribution in [0.3, 0.4) is 0 Å². The number of allylic oxidation sites excluding steroid dienone is 2. The molecule has 0 bridgehead atoms. The van der Waals surface area contributed by atoms with Gasteiger partial charge in [-0.2, -0.15) is 0 Å². The second-order valence-corrected chi connectivity index (χ2v) is 5.64. The van der Waals surface area contributed by atoms with Crippen molar-refractivity contribution >= 4 is 30.0 Å². The van der Waals surface area contributed by atoms with Gasteiger partial charge in [0.25, 0.3) is 0 Å². The first kappa shape index (κ1) is 19.7. The summed E-state index contributed by atoms with van der Waals surface area (Å²) in [4.78, 5) is 34.6. The van der Waals surface area contributed by atoms with Crippen molar-refractivity contribution < 1.29 is 29.3 Å². The van der Waals surface area contributed by atoms with Gasteiger partial charge in [0.2, 0.25) is 0 Å². The van der Waals surface area contributed by atoms with Crippen molar-refractivity contribution in [3.05, 3.63) is 65.2 Å². The van der Waals surface area contributed by atoms with Crippen molar-refractivity contribution in [2.24, 2.45) is 0 Å². The van der Waals surface area contributed by atoms with Crippen LogP contribution >= 0.6 is 0 Å². The van der Waals surface area contributed by atoms with E-state index in [0.29, 0.717) is 17.4 Å². The van der Waals surface area contributed by atoms with Crippen LogP contribution in [0.4, 0.5) is 0 Å². The Morgan fingerprint density at radius 2 is 1.48 bits per heavy atom. The first-order valence-electron chi connectivity index (χ1n) is 8.00. The molecule has 0 aliphatic rings. The molecule has 0 saturated carbocycles. The quantitative estimate of drug-likeness (QED) is 0.423. The fourth-order valence-electron chi connectivity index (χ4n) is 2.24. The van der Waals surface area contributed by atoms with E-state index in [-0.39, 0.29) is 35.0 Å². The molecule has 138 valence electrons. The molecule has 0 atom stereocenters. The van der Waals surface area contributed by atoms with E-state index in [0.717, 1.165) is 0 Å². The Hall–Kier alpha value is -3.67. The van der Waals surface area contributed by atoms with E-state index in [2.05, 4.69) is 0 Å². The molecule has 2 rings (SSSR count). The van der Waals surface area contributed by atoms with Crippen LogP contribution in [0.15, 0.2) is 48.6 Å². The van der Waals surface area contributed by atoms with Gasteiger partial charge < -0.3 is 14.9 Å². The van der Waals surface area contributed by atoms with Gasteiger partial charge in [0.05, 0.1) is 19.1 Å². The molecule has 2 N–H and O–H groups in total. The second kappa shape index (κ2) is 9.15. The van der Waals surface area contributed by atoms with E-state index in [9.17, 15) is 24.6 Å². The monoisotopic (exact) mass is 366 g/mol. The number of benzene rings is 2. The van der Waals surface area contributed by atoms with Crippen LogP contribution in [0, 0.1) is 0 Å². The summed E-state index contributed by atoms with van der Waals surface area (Å²) in [7, 11) is 1.42. The zero-order chi connectivity index (χ0) is 19.8. The van der Waals surface area contributed by atoms with Gasteiger partial charge in [-0.05, 0) is 47.5 Å². The molecule has 0 spiro atoms. The van der Waals surface area contributed by atoms with Crippen molar-refractivity contribution in [1.82, 2.24) is 0 Å². The van der Waals surface area contributed by atoms with E-state index in [1.807, 2.05) is 0 Å². The number of phenolic OH excluding ortho intramolecular Hbond substituents is 2. The summed E-state index contributed by atoms with van der Waals surface area (Å²) in [5.74, 6) is -0.634. The Balaban J connectivity index is 1.97. The Bertz CT molecular complexity index is 924. The Kier molecular flexibility index (Phi) is 6.66. The average Bonchev–Trinajstić information content (AvgIpc) is 2.66. The van der Waals surface area contributed by atoms with Crippen molar-refractivity contribution in [3.8, 4) is 17.2 Å². The highest BCUT2D eigenvalue weighted by molar-refractivity contribution is 6.10. The van der Waals surface area contributed by atoms with Gasteiger partial charge in [-0.3, -0.25) is 14.4 Å². The first-order valence-corrected chi connectivity index (χ1v) is 8.00. The number of rotatable bonds is 8. The smallest absolute Gasteiger partial charge is 0.163 e. The zero-order valence-corrected chi connectivity index (χ0v) is 14.6. The summed E-state index contributed by atoms with van der Waals surface area (Å²) in [6.45, 7) is 0. The molecule has 0 aliphatic carbocycles. The van der Waals surface area contributed by atoms with Gasteiger partial charge in [0, 0.05) is 0 Å². The number of phenols is 2. The number of aromatic hydroxyl groups is 2. The van der Waals surface area contributed by atoms with Crippen LogP contribution in [0.2, 0.25) is 0 Å². The van der Waals surface area contributed by atoms with Gasteiger partial charge in [-0.25, -0.2) is 0 Å². The standard InChI is InChI=1S/C21H18O6/c1-27-21-11-15(5-9-20(21)26)3-7-18(24)12-17(23)6-2-14-4-8-19(25)16(10-14)13-22/h2-11,13,25-26H,12H2,1H3/b6-2+,7-3-. The maximum atomic E-state index is 11.9. The highest BCUT2D eigenvalue weighted by atomic mass is 16.5. The van der Waals surface area contributed by atoms with Gasteiger partial charge >= 0.3 is 0 Å². The third kappa shape index (κ3) is 5.67. The van der Waals surface area contributed by atoms with E-state index >= 15 is 0 Å². The summed E-state index contributed by atoms with van der Waals surface area (Å²) < 4.78 is 4.99. The van der Waals surface area contributed by atoms with Crippen molar-refractivity contribution in [2.45, 2.75) is 6.42 Å². The van der Waals surface area contributed by atoms with Crippen LogP contribution in [0.25, 0.3) is 12.2 Å². The molecule has 0 saturated heterocycles. The third-order valence-corrected chi connectivity index (χ3v) is 3.65. The molecule has 27 heavy (non-hydrogen) atoms. The lowest BCUT2D eigenvalue weighted by atomic mass is 10.1. The van der Waals surface area contributed by atoms with E-state index in [1.54, 1.807) is 18.2 Å². The maximum Gasteiger partial charge on any atom is 0.163 e. The van der Waals surface area contributed by atoms with Gasteiger partial charge in [0.1, 0.15) is 5.75 Å². The molecule has 6 heteroatoms. The molecule has 0 aliphatic heterocycles. The van der Waals surface area contributed by atoms with Crippen molar-refractivity contribution in [1.29, 1.82) is 0 Å². The molecule has 0 radical (unpaired) electrons. The number of hydrogen-bond acceptors (Lipinski definition) is 6. The van der Waals surface area contributed by atoms with Crippen molar-refractivity contribution in [3.63, 3.8) is 0 Å². The fourth-order valence-corrected chi connectivity index (χ4v) is 2.24. The minimum Gasteiger partial charge on any atom is -0.507 e. The Labute approximate surface area is 156 Å². The highest BCUT2D eigenvalue weighted by Gasteiger charge is 2.05. The van der Waals surface area contributed by atoms with E-state index in [4.69, 9.17) is 4.74 Å². The number of hydrogen-bond donors (Lipinski definition) is 2. The molecular formula is C21H18O6. The van der Waals surface area contributed by atoms with Crippen LogP contribution in [0.5, 0.6) is 17.2 Å². The molecule has 0 fully saturated rings. The van der Waals surface area contributed by atoms with Crippen LogP contribution in [-0.4, -0.2) is 35.2 Å². The molecule has 0 aromatic heterocycles. The number of carbonyl (C=O) groups excluding carboxylic acids is 3. The molecule has 2 aromatic carbocycles. The summed E-state index contributed by atoms with van der Waals surface area (Å²) in [5, 5.41) is 19.0. The predicted octanol–water partition coefficient (Wildman–Crippen LogP) is 3.17. The lowest BCUT2D eigenvalue weighted by Crippen LogP contribution is -2.01. The number of ether oxygens (including phenoxy) is 1. The molecule has 0 amide bonds. The van der Waals surface area contributed by atoms with Crippen molar-refractivity contribution in [2.75, 3.05) is 7.11 Å². The maximum absolute atomic E-state index is 11.9. The highest BCUT2D eigenvalue weighted by Crippen LogP contribution is 2.26. The molecular weight excluding hydrogens is 348 g/mol. The van der Waals surface area contributed by atoms with Gasteiger partial charge in [0.15, 0.2) is 29.4 Å². The van der Waals surface area contributed by atoms with Crippen LogP contribution < -0.4 is 4.74 Å². The number of aldehydes is 1. The molecule has 2 aromatic rings. The average molecular weight is 366 g/mol. The lowest BCUT2D eigenvalue weighted by molar-refractivity contribution is -0.121. The van der Waals surface area contributed by atoms with E-state index in [1.165, 1.54) is 49.6 Å². The predicted molar refractivity (Wildman–Crippen MR) is 101 cm³/mol. The number of carbonyl (C=O) groups is 3. The zero-order valence-electron chi connectivity index (χ0n) is 14.6. The number of ketones is 2. The van der Waals surface area contributed by atoms with Crippen LogP contribution in [-0.2, 0) is 9.59 Å². The Morgan fingerprint density at radius 3 is 2.04 bits per heavy atom. The summed E-state index contributed by atoms with van der Waals surface area (Å²) in [6.07, 6.45) is 5.73. The summed E-state index contributed by atoms with van der Waals surface area (Å²) in [6, 6.07) is 8.96. The molecule has 0 heterocycles. The Morgan fingerprint density at radius 1 is 0.926 bits per heavy atom.